The van der Waals surface area contributed by atoms with Gasteiger partial charge in [-0.3, -0.25) is 9.36 Å². The Bertz CT molecular complexity index is 1310. The van der Waals surface area contributed by atoms with Gasteiger partial charge in [-0.2, -0.15) is 0 Å². The molecular formula is C23H27ClFN5O3. The molecule has 0 aliphatic carbocycles. The standard InChI is InChI=1S/C23H24FN5O2.ClH.H2O/c24-16-5-6-18-15(13-16)14-20(26-18)22(30)25-9-12-28-10-7-17(8-11-28)29-21-4-2-1-3-19(21)27-23(29)31;;/h1-6,13-14,17,26H,7-12H2,(H,25,30)(H,27,31);1H;1H2. The lowest BCUT2D eigenvalue weighted by Gasteiger charge is -2.32. The number of carbonyl (C=O) groups excluding carboxylic acids is 1. The first kappa shape index (κ1) is 24.5. The number of imidazole rings is 1. The van der Waals surface area contributed by atoms with Crippen molar-refractivity contribution in [3.63, 3.8) is 0 Å². The molecule has 2 aromatic heterocycles. The molecule has 0 unspecified atom stereocenters. The highest BCUT2D eigenvalue weighted by Crippen LogP contribution is 2.24. The van der Waals surface area contributed by atoms with Crippen molar-refractivity contribution in [2.45, 2.75) is 18.9 Å². The van der Waals surface area contributed by atoms with Crippen LogP contribution in [-0.4, -0.2) is 57.0 Å². The molecule has 176 valence electrons. The number of aromatic amines is 2. The topological polar surface area (TPSA) is 117 Å². The predicted molar refractivity (Wildman–Crippen MR) is 129 cm³/mol. The van der Waals surface area contributed by atoms with E-state index < -0.39 is 0 Å². The minimum absolute atomic E-state index is 0. The van der Waals surface area contributed by atoms with Crippen LogP contribution in [0, 0.1) is 5.82 Å². The number of nitrogens with one attached hydrogen (secondary N) is 3. The first-order valence-corrected chi connectivity index (χ1v) is 10.6. The number of hydrogen-bond donors (Lipinski definition) is 3. The third-order valence-electron chi connectivity index (χ3n) is 6.09. The van der Waals surface area contributed by atoms with E-state index in [1.165, 1.54) is 12.1 Å². The van der Waals surface area contributed by atoms with Gasteiger partial charge < -0.3 is 25.7 Å². The monoisotopic (exact) mass is 475 g/mol. The van der Waals surface area contributed by atoms with Crippen molar-refractivity contribution in [2.24, 2.45) is 0 Å². The summed E-state index contributed by atoms with van der Waals surface area (Å²) < 4.78 is 15.2. The number of nitrogens with zero attached hydrogens (tertiary/aromatic N) is 2. The van der Waals surface area contributed by atoms with Crippen molar-refractivity contribution in [1.29, 1.82) is 0 Å². The van der Waals surface area contributed by atoms with Gasteiger partial charge in [-0.25, -0.2) is 9.18 Å². The second kappa shape index (κ2) is 10.2. The summed E-state index contributed by atoms with van der Waals surface area (Å²) in [6.45, 7) is 3.02. The highest BCUT2D eigenvalue weighted by molar-refractivity contribution is 5.98. The summed E-state index contributed by atoms with van der Waals surface area (Å²) in [5, 5.41) is 3.61. The molecular weight excluding hydrogens is 449 g/mol. The maximum Gasteiger partial charge on any atom is 0.326 e. The van der Waals surface area contributed by atoms with Crippen LogP contribution < -0.4 is 11.0 Å². The molecule has 0 spiro atoms. The number of benzene rings is 2. The first-order valence-electron chi connectivity index (χ1n) is 10.6. The van der Waals surface area contributed by atoms with Crippen molar-refractivity contribution in [2.75, 3.05) is 26.2 Å². The number of para-hydroxylation sites is 2. The van der Waals surface area contributed by atoms with Crippen molar-refractivity contribution in [1.82, 2.24) is 24.8 Å². The van der Waals surface area contributed by atoms with E-state index in [4.69, 9.17) is 0 Å². The van der Waals surface area contributed by atoms with E-state index in [2.05, 4.69) is 20.2 Å². The number of halogens is 2. The third-order valence-corrected chi connectivity index (χ3v) is 6.09. The molecule has 1 aliphatic rings. The van der Waals surface area contributed by atoms with Crippen molar-refractivity contribution >= 4 is 40.3 Å². The van der Waals surface area contributed by atoms with Gasteiger partial charge in [-0.1, -0.05) is 12.1 Å². The zero-order chi connectivity index (χ0) is 21.4. The minimum atomic E-state index is -0.322. The van der Waals surface area contributed by atoms with Gasteiger partial charge in [0, 0.05) is 43.1 Å². The molecule has 5 N–H and O–H groups in total. The number of rotatable bonds is 5. The smallest absolute Gasteiger partial charge is 0.326 e. The lowest BCUT2D eigenvalue weighted by molar-refractivity contribution is 0.0940. The molecule has 1 amide bonds. The van der Waals surface area contributed by atoms with Gasteiger partial charge in [-0.05, 0) is 49.2 Å². The van der Waals surface area contributed by atoms with Gasteiger partial charge >= 0.3 is 5.69 Å². The molecule has 8 nitrogen and oxygen atoms in total. The Kier molecular flexibility index (Phi) is 7.57. The molecule has 1 fully saturated rings. The Morgan fingerprint density at radius 2 is 1.82 bits per heavy atom. The summed E-state index contributed by atoms with van der Waals surface area (Å²) in [6, 6.07) is 14.0. The summed E-state index contributed by atoms with van der Waals surface area (Å²) in [6.07, 6.45) is 1.78. The summed E-state index contributed by atoms with van der Waals surface area (Å²) in [5.41, 5.74) is 2.94. The number of carbonyl (C=O) groups is 1. The molecule has 0 saturated carbocycles. The predicted octanol–water partition coefficient (Wildman–Crippen LogP) is 2.61. The molecule has 4 aromatic rings. The molecule has 0 bridgehead atoms. The molecule has 0 atom stereocenters. The van der Waals surface area contributed by atoms with Crippen LogP contribution in [0.15, 0.2) is 53.3 Å². The van der Waals surface area contributed by atoms with Crippen LogP contribution in [0.4, 0.5) is 4.39 Å². The van der Waals surface area contributed by atoms with E-state index in [9.17, 15) is 14.0 Å². The molecule has 0 radical (unpaired) electrons. The Balaban J connectivity index is 0.00000153. The highest BCUT2D eigenvalue weighted by Gasteiger charge is 2.23. The summed E-state index contributed by atoms with van der Waals surface area (Å²) in [5.74, 6) is -0.520. The van der Waals surface area contributed by atoms with Crippen LogP contribution in [0.1, 0.15) is 29.4 Å². The molecule has 2 aromatic carbocycles. The van der Waals surface area contributed by atoms with Crippen molar-refractivity contribution < 1.29 is 14.7 Å². The van der Waals surface area contributed by atoms with Gasteiger partial charge in [0.1, 0.15) is 11.5 Å². The summed E-state index contributed by atoms with van der Waals surface area (Å²) >= 11 is 0. The normalized spacial score (nSPS) is 14.7. The highest BCUT2D eigenvalue weighted by atomic mass is 35.5. The molecule has 33 heavy (non-hydrogen) atoms. The van der Waals surface area contributed by atoms with Crippen LogP contribution in [0.2, 0.25) is 0 Å². The fraction of sp³-hybridized carbons (Fsp3) is 0.304. The maximum absolute atomic E-state index is 13.3. The number of piperidine rings is 1. The van der Waals surface area contributed by atoms with E-state index >= 15 is 0 Å². The SMILES string of the molecule is Cl.O.O=C(NCCN1CCC(n2c(=O)[nH]c3ccccc32)CC1)c1cc2cc(F)ccc2[nH]1. The lowest BCUT2D eigenvalue weighted by Crippen LogP contribution is -2.41. The number of H-pyrrole nitrogens is 2. The molecule has 1 saturated heterocycles. The second-order valence-corrected chi connectivity index (χ2v) is 8.06. The molecule has 5 rings (SSSR count). The summed E-state index contributed by atoms with van der Waals surface area (Å²) in [7, 11) is 0. The van der Waals surface area contributed by atoms with E-state index in [0.29, 0.717) is 17.6 Å². The third kappa shape index (κ3) is 4.95. The van der Waals surface area contributed by atoms with E-state index in [-0.39, 0.29) is 41.3 Å². The van der Waals surface area contributed by atoms with Gasteiger partial charge in [0.15, 0.2) is 0 Å². The van der Waals surface area contributed by atoms with Crippen molar-refractivity contribution in [3.05, 3.63) is 70.5 Å². The fourth-order valence-corrected chi connectivity index (χ4v) is 4.49. The van der Waals surface area contributed by atoms with E-state index in [1.54, 1.807) is 12.1 Å². The first-order chi connectivity index (χ1) is 15.1. The number of fused-ring (bicyclic) bond motifs is 2. The molecule has 10 heteroatoms. The number of amides is 1. The van der Waals surface area contributed by atoms with Crippen LogP contribution in [0.3, 0.4) is 0 Å². The number of likely N-dealkylation sites (tertiary alicyclic amines) is 1. The second-order valence-electron chi connectivity index (χ2n) is 8.06. The van der Waals surface area contributed by atoms with Crippen LogP contribution in [-0.2, 0) is 0 Å². The number of aromatic nitrogens is 3. The van der Waals surface area contributed by atoms with E-state index in [0.717, 1.165) is 49.0 Å². The average molecular weight is 476 g/mol. The summed E-state index contributed by atoms with van der Waals surface area (Å²) in [4.78, 5) is 33.1. The molecule has 3 heterocycles. The van der Waals surface area contributed by atoms with Crippen LogP contribution >= 0.6 is 12.4 Å². The number of hydrogen-bond acceptors (Lipinski definition) is 3. The van der Waals surface area contributed by atoms with Crippen molar-refractivity contribution in [3.8, 4) is 0 Å². The zero-order valence-corrected chi connectivity index (χ0v) is 18.8. The van der Waals surface area contributed by atoms with Gasteiger partial charge in [0.2, 0.25) is 0 Å². The van der Waals surface area contributed by atoms with Crippen LogP contribution in [0.5, 0.6) is 0 Å². The lowest BCUT2D eigenvalue weighted by atomic mass is 10.0. The quantitative estimate of drug-likeness (QED) is 0.411. The van der Waals surface area contributed by atoms with Gasteiger partial charge in [0.05, 0.1) is 11.0 Å². The Hall–Kier alpha value is -3.14. The Morgan fingerprint density at radius 1 is 1.06 bits per heavy atom. The zero-order valence-electron chi connectivity index (χ0n) is 17.9. The largest absolute Gasteiger partial charge is 0.412 e. The fourth-order valence-electron chi connectivity index (χ4n) is 4.49. The minimum Gasteiger partial charge on any atom is -0.412 e. The Morgan fingerprint density at radius 3 is 2.61 bits per heavy atom. The Labute approximate surface area is 195 Å². The van der Waals surface area contributed by atoms with Crippen LogP contribution in [0.25, 0.3) is 21.9 Å². The molecule has 1 aliphatic heterocycles. The maximum atomic E-state index is 13.3. The van der Waals surface area contributed by atoms with Gasteiger partial charge in [0.25, 0.3) is 5.91 Å². The average Bonchev–Trinajstić information content (AvgIpc) is 3.34. The van der Waals surface area contributed by atoms with Gasteiger partial charge in [-0.15, -0.1) is 12.4 Å². The van der Waals surface area contributed by atoms with E-state index in [1.807, 2.05) is 28.8 Å².